The van der Waals surface area contributed by atoms with Gasteiger partial charge in [-0.15, -0.1) is 0 Å². The van der Waals surface area contributed by atoms with Gasteiger partial charge in [-0.2, -0.15) is 0 Å². The minimum Gasteiger partial charge on any atom is -0.460 e. The molecule has 2 aromatic carbocycles. The molecule has 0 saturated carbocycles. The number of rotatable bonds is 4. The molecule has 3 aliphatic rings. The van der Waals surface area contributed by atoms with Gasteiger partial charge in [0.05, 0.1) is 0 Å². The van der Waals surface area contributed by atoms with Crippen molar-refractivity contribution in [1.29, 1.82) is 0 Å². The first kappa shape index (κ1) is 15.4. The lowest BCUT2D eigenvalue weighted by atomic mass is 9.85. The van der Waals surface area contributed by atoms with Gasteiger partial charge < -0.3 is 4.74 Å². The zero-order chi connectivity index (χ0) is 16.4. The number of carbonyl (C=O) groups excluding carboxylic acids is 1. The number of nitrogens with zero attached hydrogens (tertiary/aromatic N) is 1. The highest BCUT2D eigenvalue weighted by molar-refractivity contribution is 5.82. The van der Waals surface area contributed by atoms with E-state index in [0.717, 1.165) is 43.6 Å². The highest BCUT2D eigenvalue weighted by Crippen LogP contribution is 2.32. The Hall–Kier alpha value is -2.13. The normalized spacial score (nSPS) is 25.6. The van der Waals surface area contributed by atoms with Crippen molar-refractivity contribution in [3.63, 3.8) is 0 Å². The lowest BCUT2D eigenvalue weighted by molar-refractivity contribution is -0.159. The molecule has 124 valence electrons. The summed E-state index contributed by atoms with van der Waals surface area (Å²) in [6.45, 7) is 3.20. The molecule has 0 unspecified atom stereocenters. The van der Waals surface area contributed by atoms with E-state index >= 15 is 0 Å². The summed E-state index contributed by atoms with van der Waals surface area (Å²) in [5.41, 5.74) is 1.99. The molecule has 0 aromatic heterocycles. The van der Waals surface area contributed by atoms with Gasteiger partial charge in [-0.1, -0.05) is 60.7 Å². The standard InChI is InChI=1S/C21H23NO2/c23-21(24-19-15-22-13-11-16(19)12-14-22)20(17-7-3-1-4-8-17)18-9-5-2-6-10-18/h1-10,16,19-20H,11-15H2/t19-/m0/s1. The monoisotopic (exact) mass is 321 g/mol. The van der Waals surface area contributed by atoms with Crippen LogP contribution in [0.15, 0.2) is 60.7 Å². The average Bonchev–Trinajstić information content (AvgIpc) is 2.65. The second-order valence-corrected chi connectivity index (χ2v) is 6.87. The van der Waals surface area contributed by atoms with Gasteiger partial charge in [0.25, 0.3) is 0 Å². The van der Waals surface area contributed by atoms with Crippen molar-refractivity contribution in [2.45, 2.75) is 24.9 Å². The van der Waals surface area contributed by atoms with E-state index in [0.29, 0.717) is 5.92 Å². The third kappa shape index (κ3) is 3.09. The minimum atomic E-state index is -0.345. The van der Waals surface area contributed by atoms with E-state index in [1.165, 1.54) is 0 Å². The van der Waals surface area contributed by atoms with Crippen LogP contribution < -0.4 is 0 Å². The van der Waals surface area contributed by atoms with Gasteiger partial charge in [0.15, 0.2) is 0 Å². The van der Waals surface area contributed by atoms with Gasteiger partial charge in [0.2, 0.25) is 0 Å². The molecule has 3 heterocycles. The molecule has 2 bridgehead atoms. The number of carbonyl (C=O) groups is 1. The van der Waals surface area contributed by atoms with Crippen LogP contribution in [0.25, 0.3) is 0 Å². The third-order valence-electron chi connectivity index (χ3n) is 5.37. The SMILES string of the molecule is O=C(O[C@H]1CN2CCC1CC2)C(c1ccccc1)c1ccccc1. The van der Waals surface area contributed by atoms with Crippen molar-refractivity contribution in [3.8, 4) is 0 Å². The molecule has 0 amide bonds. The van der Waals surface area contributed by atoms with Crippen LogP contribution in [0.2, 0.25) is 0 Å². The molecular weight excluding hydrogens is 298 g/mol. The van der Waals surface area contributed by atoms with Crippen molar-refractivity contribution in [3.05, 3.63) is 71.8 Å². The predicted octanol–water partition coefficient (Wildman–Crippen LogP) is 3.46. The summed E-state index contributed by atoms with van der Waals surface area (Å²) >= 11 is 0. The van der Waals surface area contributed by atoms with E-state index in [-0.39, 0.29) is 18.0 Å². The first-order valence-electron chi connectivity index (χ1n) is 8.84. The molecule has 5 rings (SSSR count). The van der Waals surface area contributed by atoms with Crippen molar-refractivity contribution >= 4 is 5.97 Å². The Balaban J connectivity index is 1.58. The fraction of sp³-hybridized carbons (Fsp3) is 0.381. The maximum absolute atomic E-state index is 13.0. The average molecular weight is 321 g/mol. The number of esters is 1. The molecule has 3 saturated heterocycles. The number of fused-ring (bicyclic) bond motifs is 3. The lowest BCUT2D eigenvalue weighted by Gasteiger charge is -2.44. The first-order chi connectivity index (χ1) is 11.8. The van der Waals surface area contributed by atoms with E-state index < -0.39 is 0 Å². The van der Waals surface area contributed by atoms with Crippen LogP contribution in [0.3, 0.4) is 0 Å². The van der Waals surface area contributed by atoms with Crippen LogP contribution in [0, 0.1) is 5.92 Å². The number of ether oxygens (including phenoxy) is 1. The summed E-state index contributed by atoms with van der Waals surface area (Å²) in [5, 5.41) is 0. The van der Waals surface area contributed by atoms with Gasteiger partial charge in [0.1, 0.15) is 12.0 Å². The van der Waals surface area contributed by atoms with Crippen molar-refractivity contribution in [2.75, 3.05) is 19.6 Å². The molecule has 0 spiro atoms. The first-order valence-corrected chi connectivity index (χ1v) is 8.84. The Morgan fingerprint density at radius 1 is 0.917 bits per heavy atom. The van der Waals surface area contributed by atoms with Crippen molar-refractivity contribution in [2.24, 2.45) is 5.92 Å². The number of benzene rings is 2. The molecule has 3 aliphatic heterocycles. The third-order valence-corrected chi connectivity index (χ3v) is 5.37. The fourth-order valence-electron chi connectivity index (χ4n) is 4.02. The van der Waals surface area contributed by atoms with Crippen LogP contribution in [0.1, 0.15) is 29.9 Å². The molecule has 3 nitrogen and oxygen atoms in total. The van der Waals surface area contributed by atoms with Crippen LogP contribution in [0.4, 0.5) is 0 Å². The predicted molar refractivity (Wildman–Crippen MR) is 93.8 cm³/mol. The Morgan fingerprint density at radius 3 is 1.92 bits per heavy atom. The van der Waals surface area contributed by atoms with Crippen LogP contribution in [-0.4, -0.2) is 36.6 Å². The molecule has 2 aromatic rings. The molecule has 0 aliphatic carbocycles. The summed E-state index contributed by atoms with van der Waals surface area (Å²) < 4.78 is 6.02. The Kier molecular flexibility index (Phi) is 4.35. The lowest BCUT2D eigenvalue weighted by Crippen LogP contribution is -2.52. The van der Waals surface area contributed by atoms with Crippen LogP contribution in [-0.2, 0) is 9.53 Å². The largest absolute Gasteiger partial charge is 0.460 e. The zero-order valence-electron chi connectivity index (χ0n) is 13.8. The molecule has 3 heteroatoms. The summed E-state index contributed by atoms with van der Waals surface area (Å²) in [4.78, 5) is 15.5. The summed E-state index contributed by atoms with van der Waals surface area (Å²) in [5.74, 6) is 0.0696. The van der Waals surface area contributed by atoms with Gasteiger partial charge in [-0.3, -0.25) is 9.69 Å². The topological polar surface area (TPSA) is 29.5 Å². The van der Waals surface area contributed by atoms with E-state index in [1.54, 1.807) is 0 Å². The Morgan fingerprint density at radius 2 is 1.46 bits per heavy atom. The Labute approximate surface area is 143 Å². The second kappa shape index (κ2) is 6.78. The zero-order valence-corrected chi connectivity index (χ0v) is 13.8. The van der Waals surface area contributed by atoms with Gasteiger partial charge in [0, 0.05) is 6.54 Å². The van der Waals surface area contributed by atoms with E-state index in [9.17, 15) is 4.79 Å². The molecule has 1 atom stereocenters. The molecule has 24 heavy (non-hydrogen) atoms. The molecule has 0 radical (unpaired) electrons. The number of piperidine rings is 3. The highest BCUT2D eigenvalue weighted by Gasteiger charge is 2.38. The summed E-state index contributed by atoms with van der Waals surface area (Å²) in [6, 6.07) is 19.9. The highest BCUT2D eigenvalue weighted by atomic mass is 16.5. The van der Waals surface area contributed by atoms with Gasteiger partial charge in [-0.05, 0) is 43.0 Å². The number of hydrogen-bond acceptors (Lipinski definition) is 3. The van der Waals surface area contributed by atoms with Crippen LogP contribution >= 0.6 is 0 Å². The fourth-order valence-corrected chi connectivity index (χ4v) is 4.02. The van der Waals surface area contributed by atoms with Crippen molar-refractivity contribution < 1.29 is 9.53 Å². The second-order valence-electron chi connectivity index (χ2n) is 6.87. The summed E-state index contributed by atoms with van der Waals surface area (Å²) in [6.07, 6.45) is 2.35. The van der Waals surface area contributed by atoms with E-state index in [1.807, 2.05) is 60.7 Å². The van der Waals surface area contributed by atoms with Crippen LogP contribution in [0.5, 0.6) is 0 Å². The molecule has 0 N–H and O–H groups in total. The maximum atomic E-state index is 13.0. The molecular formula is C21H23NO2. The quantitative estimate of drug-likeness (QED) is 0.808. The van der Waals surface area contributed by atoms with Gasteiger partial charge in [-0.25, -0.2) is 0 Å². The number of hydrogen-bond donors (Lipinski definition) is 0. The molecule has 3 fully saturated rings. The van der Waals surface area contributed by atoms with E-state index in [2.05, 4.69) is 4.90 Å². The maximum Gasteiger partial charge on any atom is 0.318 e. The smallest absolute Gasteiger partial charge is 0.318 e. The van der Waals surface area contributed by atoms with E-state index in [4.69, 9.17) is 4.74 Å². The minimum absolute atomic E-state index is 0.0509. The van der Waals surface area contributed by atoms with Crippen molar-refractivity contribution in [1.82, 2.24) is 4.90 Å². The summed E-state index contributed by atoms with van der Waals surface area (Å²) in [7, 11) is 0. The van der Waals surface area contributed by atoms with Gasteiger partial charge >= 0.3 is 5.97 Å². The Bertz CT molecular complexity index is 638.